The van der Waals surface area contributed by atoms with Crippen molar-refractivity contribution in [3.05, 3.63) is 44.5 Å². The predicted octanol–water partition coefficient (Wildman–Crippen LogP) is 4.99. The molecule has 0 saturated heterocycles. The number of anilines is 2. The number of nitrogens with one attached hydrogen (secondary N) is 1. The van der Waals surface area contributed by atoms with E-state index in [4.69, 9.17) is 23.2 Å². The Morgan fingerprint density at radius 1 is 1.26 bits per heavy atom. The molecule has 2 rings (SSSR count). The summed E-state index contributed by atoms with van der Waals surface area (Å²) < 4.78 is 13.6. The number of aryl methyl sites for hydroxylation is 1. The lowest BCUT2D eigenvalue weighted by Crippen LogP contribution is -2.00. The molecule has 0 saturated carbocycles. The second-order valence-electron chi connectivity index (χ2n) is 3.72. The lowest BCUT2D eigenvalue weighted by molar-refractivity contribution is 0.627. The molecule has 0 radical (unpaired) electrons. The van der Waals surface area contributed by atoms with Gasteiger partial charge in [0.1, 0.15) is 22.6 Å². The van der Waals surface area contributed by atoms with E-state index < -0.39 is 5.82 Å². The smallest absolute Gasteiger partial charge is 0.135 e. The molecule has 1 N–H and O–H groups in total. The maximum Gasteiger partial charge on any atom is 0.135 e. The molecule has 19 heavy (non-hydrogen) atoms. The molecule has 0 amide bonds. The number of aromatic nitrogens is 2. The summed E-state index contributed by atoms with van der Waals surface area (Å²) in [4.78, 5) is 8.33. The van der Waals surface area contributed by atoms with Gasteiger partial charge in [-0.25, -0.2) is 14.4 Å². The van der Waals surface area contributed by atoms with Gasteiger partial charge in [-0.05, 0) is 28.1 Å². The summed E-state index contributed by atoms with van der Waals surface area (Å²) in [6.45, 7) is 1.93. The fraction of sp³-hybridized carbons (Fsp3) is 0.167. The Morgan fingerprint density at radius 2 is 2.00 bits per heavy atom. The van der Waals surface area contributed by atoms with Gasteiger partial charge in [-0.15, -0.1) is 0 Å². The van der Waals surface area contributed by atoms with Crippen LogP contribution in [0.4, 0.5) is 15.9 Å². The maximum absolute atomic E-state index is 13.1. The summed E-state index contributed by atoms with van der Waals surface area (Å²) in [5.41, 5.74) is 0.528. The van der Waals surface area contributed by atoms with E-state index in [-0.39, 0.29) is 5.02 Å². The molecular formula is C12H9BrCl2FN3. The summed E-state index contributed by atoms with van der Waals surface area (Å²) in [7, 11) is 0. The molecule has 0 fully saturated rings. The molecule has 2 aromatic rings. The van der Waals surface area contributed by atoms with Crippen LogP contribution >= 0.6 is 39.1 Å². The fourth-order valence-corrected chi connectivity index (χ4v) is 2.58. The van der Waals surface area contributed by atoms with Gasteiger partial charge < -0.3 is 5.32 Å². The highest BCUT2D eigenvalue weighted by Gasteiger charge is 2.10. The van der Waals surface area contributed by atoms with E-state index in [0.717, 1.165) is 0 Å². The van der Waals surface area contributed by atoms with Crippen molar-refractivity contribution < 1.29 is 4.39 Å². The lowest BCUT2D eigenvalue weighted by atomic mass is 10.3. The van der Waals surface area contributed by atoms with Gasteiger partial charge >= 0.3 is 0 Å². The molecule has 0 unspecified atom stereocenters. The number of hydrogen-bond acceptors (Lipinski definition) is 3. The average Bonchev–Trinajstić information content (AvgIpc) is 2.33. The lowest BCUT2D eigenvalue weighted by Gasteiger charge is -2.11. The standard InChI is InChI=1S/C12H9BrCl2FN3/c1-2-10-17-9(15)5-11(18-10)19-12-7(13)3-6(16)4-8(12)14/h3-5H,2H2,1H3,(H,17,18,19). The summed E-state index contributed by atoms with van der Waals surface area (Å²) in [5, 5.41) is 3.59. The van der Waals surface area contributed by atoms with E-state index >= 15 is 0 Å². The van der Waals surface area contributed by atoms with Crippen molar-refractivity contribution in [3.8, 4) is 0 Å². The van der Waals surface area contributed by atoms with Crippen LogP contribution in [0.2, 0.25) is 10.2 Å². The SMILES string of the molecule is CCc1nc(Cl)cc(Nc2c(Cl)cc(F)cc2Br)n1. The zero-order valence-corrected chi connectivity index (χ0v) is 12.9. The van der Waals surface area contributed by atoms with Crippen LogP contribution in [-0.4, -0.2) is 9.97 Å². The molecular weight excluding hydrogens is 356 g/mol. The molecule has 0 aliphatic carbocycles. The van der Waals surface area contributed by atoms with Crippen molar-refractivity contribution in [2.45, 2.75) is 13.3 Å². The van der Waals surface area contributed by atoms with Crippen LogP contribution in [0, 0.1) is 5.82 Å². The summed E-state index contributed by atoms with van der Waals surface area (Å²) in [6, 6.07) is 4.11. The van der Waals surface area contributed by atoms with Crippen LogP contribution in [0.1, 0.15) is 12.7 Å². The van der Waals surface area contributed by atoms with Gasteiger partial charge in [0.05, 0.1) is 10.7 Å². The predicted molar refractivity (Wildman–Crippen MR) is 78.8 cm³/mol. The van der Waals surface area contributed by atoms with Gasteiger partial charge in [-0.2, -0.15) is 0 Å². The molecule has 1 aromatic heterocycles. The second-order valence-corrected chi connectivity index (χ2v) is 5.36. The molecule has 1 aromatic carbocycles. The monoisotopic (exact) mass is 363 g/mol. The van der Waals surface area contributed by atoms with Crippen molar-refractivity contribution in [1.82, 2.24) is 9.97 Å². The Bertz CT molecular complexity index is 599. The Hall–Kier alpha value is -0.910. The first-order chi connectivity index (χ1) is 8.99. The van der Waals surface area contributed by atoms with E-state index in [1.807, 2.05) is 6.92 Å². The van der Waals surface area contributed by atoms with Crippen LogP contribution in [0.25, 0.3) is 0 Å². The highest BCUT2D eigenvalue weighted by Crippen LogP contribution is 2.33. The van der Waals surface area contributed by atoms with Gasteiger partial charge in [0.15, 0.2) is 0 Å². The summed E-state index contributed by atoms with van der Waals surface area (Å²) in [6.07, 6.45) is 0.660. The number of rotatable bonds is 3. The second kappa shape index (κ2) is 6.03. The number of nitrogens with zero attached hydrogens (tertiary/aromatic N) is 2. The summed E-state index contributed by atoms with van der Waals surface area (Å²) >= 11 is 15.1. The first-order valence-corrected chi connectivity index (χ1v) is 6.99. The van der Waals surface area contributed by atoms with Crippen molar-refractivity contribution >= 4 is 50.6 Å². The van der Waals surface area contributed by atoms with Gasteiger partial charge in [-0.3, -0.25) is 0 Å². The normalized spacial score (nSPS) is 10.6. The van der Waals surface area contributed by atoms with Crippen molar-refractivity contribution in [1.29, 1.82) is 0 Å². The van der Waals surface area contributed by atoms with E-state index in [0.29, 0.717) is 33.4 Å². The van der Waals surface area contributed by atoms with E-state index in [2.05, 4.69) is 31.2 Å². The third kappa shape index (κ3) is 3.55. The third-order valence-corrected chi connectivity index (χ3v) is 3.43. The number of benzene rings is 1. The highest BCUT2D eigenvalue weighted by molar-refractivity contribution is 9.10. The average molecular weight is 365 g/mol. The van der Waals surface area contributed by atoms with Crippen molar-refractivity contribution in [2.24, 2.45) is 0 Å². The largest absolute Gasteiger partial charge is 0.338 e. The molecule has 0 spiro atoms. The van der Waals surface area contributed by atoms with Crippen LogP contribution in [0.3, 0.4) is 0 Å². The highest BCUT2D eigenvalue weighted by atomic mass is 79.9. The molecule has 0 atom stereocenters. The van der Waals surface area contributed by atoms with Gasteiger partial charge in [0.2, 0.25) is 0 Å². The van der Waals surface area contributed by atoms with Crippen molar-refractivity contribution in [3.63, 3.8) is 0 Å². The van der Waals surface area contributed by atoms with Crippen LogP contribution in [0.5, 0.6) is 0 Å². The molecule has 0 bridgehead atoms. The minimum absolute atomic E-state index is 0.250. The van der Waals surface area contributed by atoms with Crippen LogP contribution in [-0.2, 0) is 6.42 Å². The molecule has 0 aliphatic heterocycles. The zero-order chi connectivity index (χ0) is 14.0. The topological polar surface area (TPSA) is 37.8 Å². The first-order valence-electron chi connectivity index (χ1n) is 5.44. The van der Waals surface area contributed by atoms with Gasteiger partial charge in [0, 0.05) is 17.0 Å². The Labute approximate surface area is 128 Å². The Balaban J connectivity index is 2.39. The van der Waals surface area contributed by atoms with Crippen LogP contribution in [0.15, 0.2) is 22.7 Å². The zero-order valence-electron chi connectivity index (χ0n) is 9.85. The van der Waals surface area contributed by atoms with Crippen molar-refractivity contribution in [2.75, 3.05) is 5.32 Å². The number of hydrogen-bond donors (Lipinski definition) is 1. The van der Waals surface area contributed by atoms with Gasteiger partial charge in [-0.1, -0.05) is 30.1 Å². The molecule has 100 valence electrons. The molecule has 7 heteroatoms. The Kier molecular flexibility index (Phi) is 4.60. The molecule has 0 aliphatic rings. The number of halogens is 4. The Morgan fingerprint density at radius 3 is 2.63 bits per heavy atom. The summed E-state index contributed by atoms with van der Waals surface area (Å²) in [5.74, 6) is 0.702. The minimum atomic E-state index is -0.419. The molecule has 1 heterocycles. The first kappa shape index (κ1) is 14.5. The minimum Gasteiger partial charge on any atom is -0.338 e. The van der Waals surface area contributed by atoms with E-state index in [1.54, 1.807) is 6.07 Å². The van der Waals surface area contributed by atoms with Crippen LogP contribution < -0.4 is 5.32 Å². The maximum atomic E-state index is 13.1. The molecule has 3 nitrogen and oxygen atoms in total. The van der Waals surface area contributed by atoms with Gasteiger partial charge in [0.25, 0.3) is 0 Å². The quantitative estimate of drug-likeness (QED) is 0.779. The fourth-order valence-electron chi connectivity index (χ4n) is 1.48. The third-order valence-electron chi connectivity index (χ3n) is 2.32. The van der Waals surface area contributed by atoms with E-state index in [9.17, 15) is 4.39 Å². The van der Waals surface area contributed by atoms with E-state index in [1.165, 1.54) is 12.1 Å².